The molecule has 0 aliphatic heterocycles. The third-order valence-electron chi connectivity index (χ3n) is 4.65. The Labute approximate surface area is 169 Å². The summed E-state index contributed by atoms with van der Waals surface area (Å²) in [4.78, 5) is 2.43. The number of hydrogen-bond acceptors (Lipinski definition) is 2. The monoisotopic (exact) mass is 385 g/mol. The fourth-order valence-corrected chi connectivity index (χ4v) is 4.21. The Balaban J connectivity index is 1.84. The van der Waals surface area contributed by atoms with Crippen molar-refractivity contribution in [3.05, 3.63) is 91.0 Å². The summed E-state index contributed by atoms with van der Waals surface area (Å²) in [6.45, 7) is 0. The summed E-state index contributed by atoms with van der Waals surface area (Å²) in [5, 5.41) is 0. The molecule has 0 radical (unpaired) electrons. The molecule has 0 amide bonds. The lowest BCUT2D eigenvalue weighted by Crippen LogP contribution is -1.85. The van der Waals surface area contributed by atoms with Gasteiger partial charge in [-0.3, -0.25) is 0 Å². The molecule has 3 heteroatoms. The van der Waals surface area contributed by atoms with E-state index < -0.39 is 0 Å². The van der Waals surface area contributed by atoms with Crippen LogP contribution in [0, 0.1) is 0 Å². The van der Waals surface area contributed by atoms with Crippen molar-refractivity contribution < 1.29 is 9.47 Å². The molecule has 0 bridgehead atoms. The normalized spacial score (nSPS) is 10.5. The molecule has 0 saturated heterocycles. The van der Waals surface area contributed by atoms with Gasteiger partial charge in [0.05, 0.1) is 14.2 Å². The highest BCUT2D eigenvalue weighted by atomic mass is 32.1. The summed E-state index contributed by atoms with van der Waals surface area (Å²) in [7, 11) is 3.38. The van der Waals surface area contributed by atoms with Crippen LogP contribution in [-0.4, -0.2) is 14.2 Å². The van der Waals surface area contributed by atoms with E-state index in [0.29, 0.717) is 0 Å². The molecular formula is C25H21O2S+. The fraction of sp³-hybridized carbons (Fsp3) is 0.0800. The second-order valence-electron chi connectivity index (χ2n) is 6.40. The lowest BCUT2D eigenvalue weighted by Gasteiger charge is -2.04. The van der Waals surface area contributed by atoms with Gasteiger partial charge in [0.2, 0.25) is 21.1 Å². The number of ether oxygens (including phenoxy) is 2. The van der Waals surface area contributed by atoms with Crippen LogP contribution in [0.25, 0.3) is 32.0 Å². The first-order valence-electron chi connectivity index (χ1n) is 9.09. The van der Waals surface area contributed by atoms with E-state index in [0.717, 1.165) is 11.5 Å². The van der Waals surface area contributed by atoms with Gasteiger partial charge in [-0.1, -0.05) is 30.3 Å². The van der Waals surface area contributed by atoms with E-state index in [9.17, 15) is 0 Å². The van der Waals surface area contributed by atoms with Crippen molar-refractivity contribution in [3.63, 3.8) is 0 Å². The van der Waals surface area contributed by atoms with Crippen molar-refractivity contribution >= 4 is 11.3 Å². The van der Waals surface area contributed by atoms with Crippen molar-refractivity contribution in [2.75, 3.05) is 14.2 Å². The van der Waals surface area contributed by atoms with Gasteiger partial charge < -0.3 is 9.47 Å². The Morgan fingerprint density at radius 1 is 0.500 bits per heavy atom. The molecule has 0 N–H and O–H groups in total. The Morgan fingerprint density at radius 2 is 0.964 bits per heavy atom. The molecule has 138 valence electrons. The van der Waals surface area contributed by atoms with Crippen LogP contribution in [0.2, 0.25) is 0 Å². The van der Waals surface area contributed by atoms with Crippen LogP contribution >= 0.6 is 11.3 Å². The predicted octanol–water partition coefficient (Wildman–Crippen LogP) is 7.05. The van der Waals surface area contributed by atoms with E-state index in [2.05, 4.69) is 60.7 Å². The van der Waals surface area contributed by atoms with Gasteiger partial charge in [-0.2, -0.15) is 0 Å². The van der Waals surface area contributed by atoms with Gasteiger partial charge in [0, 0.05) is 23.3 Å². The van der Waals surface area contributed by atoms with E-state index in [1.165, 1.54) is 32.0 Å². The van der Waals surface area contributed by atoms with Crippen LogP contribution in [0.4, 0.5) is 0 Å². The third kappa shape index (κ3) is 3.90. The van der Waals surface area contributed by atoms with Gasteiger partial charge in [0.25, 0.3) is 0 Å². The zero-order valence-electron chi connectivity index (χ0n) is 15.9. The fourth-order valence-electron chi connectivity index (χ4n) is 3.09. The van der Waals surface area contributed by atoms with E-state index in [1.807, 2.05) is 30.3 Å². The number of rotatable bonds is 5. The summed E-state index contributed by atoms with van der Waals surface area (Å²) in [5.74, 6) is 1.73. The molecule has 4 rings (SSSR count). The van der Waals surface area contributed by atoms with Crippen LogP contribution in [0.5, 0.6) is 11.5 Å². The smallest absolute Gasteiger partial charge is 0.239 e. The van der Waals surface area contributed by atoms with Crippen LogP contribution in [0.15, 0.2) is 91.0 Å². The molecule has 0 atom stereocenters. The predicted molar refractivity (Wildman–Crippen MR) is 118 cm³/mol. The Hall–Kier alpha value is -3.17. The van der Waals surface area contributed by atoms with Gasteiger partial charge in [-0.25, -0.2) is 0 Å². The minimum atomic E-state index is 0.864. The Kier molecular flexibility index (Phi) is 5.36. The highest BCUT2D eigenvalue weighted by Crippen LogP contribution is 2.38. The molecule has 4 aromatic rings. The molecule has 2 nitrogen and oxygen atoms in total. The Morgan fingerprint density at radius 3 is 1.39 bits per heavy atom. The largest absolute Gasteiger partial charge is 0.497 e. The third-order valence-corrected chi connectivity index (χ3v) is 5.80. The van der Waals surface area contributed by atoms with Gasteiger partial charge in [0.15, 0.2) is 0 Å². The zero-order valence-corrected chi connectivity index (χ0v) is 16.7. The summed E-state index contributed by atoms with van der Waals surface area (Å²) in [5.41, 5.74) is 4.77. The molecule has 1 heterocycles. The van der Waals surface area contributed by atoms with Gasteiger partial charge in [0.1, 0.15) is 11.5 Å². The molecule has 0 saturated carbocycles. The average Bonchev–Trinajstić information content (AvgIpc) is 2.79. The van der Waals surface area contributed by atoms with Crippen LogP contribution in [0.3, 0.4) is 0 Å². The SMILES string of the molecule is COc1ccc(-c2cc(-c3ccccc3)cc(-c3ccc(OC)cc3)[s+]2)cc1. The van der Waals surface area contributed by atoms with Crippen molar-refractivity contribution in [1.29, 1.82) is 0 Å². The number of methoxy groups -OCH3 is 2. The number of benzene rings is 3. The molecule has 0 spiro atoms. The summed E-state index contributed by atoms with van der Waals surface area (Å²) < 4.78 is 10.6. The van der Waals surface area contributed by atoms with E-state index in [1.54, 1.807) is 25.6 Å². The maximum Gasteiger partial charge on any atom is 0.239 e. The van der Waals surface area contributed by atoms with Gasteiger partial charge >= 0.3 is 0 Å². The van der Waals surface area contributed by atoms with Crippen molar-refractivity contribution in [3.8, 4) is 43.5 Å². The zero-order chi connectivity index (χ0) is 19.3. The summed E-state index contributed by atoms with van der Waals surface area (Å²) >= 11 is 1.78. The lowest BCUT2D eigenvalue weighted by atomic mass is 10.0. The molecule has 0 aliphatic carbocycles. The van der Waals surface area contributed by atoms with Gasteiger partial charge in [-0.15, -0.1) is 0 Å². The first-order valence-corrected chi connectivity index (χ1v) is 9.91. The van der Waals surface area contributed by atoms with Gasteiger partial charge in [-0.05, 0) is 59.7 Å². The number of hydrogen-bond donors (Lipinski definition) is 0. The molecule has 0 fully saturated rings. The maximum atomic E-state index is 5.30. The molecule has 0 unspecified atom stereocenters. The molecule has 3 aromatic carbocycles. The van der Waals surface area contributed by atoms with Crippen molar-refractivity contribution in [2.45, 2.75) is 0 Å². The van der Waals surface area contributed by atoms with E-state index >= 15 is 0 Å². The quantitative estimate of drug-likeness (QED) is 0.343. The minimum Gasteiger partial charge on any atom is -0.497 e. The van der Waals surface area contributed by atoms with Crippen LogP contribution in [-0.2, 0) is 0 Å². The Bertz CT molecular complexity index is 990. The summed E-state index contributed by atoms with van der Waals surface area (Å²) in [6, 6.07) is 31.5. The average molecular weight is 386 g/mol. The molecule has 1 aromatic heterocycles. The topological polar surface area (TPSA) is 18.5 Å². The molecule has 28 heavy (non-hydrogen) atoms. The molecular weight excluding hydrogens is 364 g/mol. The van der Waals surface area contributed by atoms with Crippen LogP contribution in [0.1, 0.15) is 0 Å². The standard InChI is InChI=1S/C25H21O2S/c1-26-22-12-8-19(9-13-22)24-16-21(18-6-4-3-5-7-18)17-25(28-24)20-10-14-23(27-2)15-11-20/h3-17H,1-2H3/q+1. The second kappa shape index (κ2) is 8.24. The van der Waals surface area contributed by atoms with Crippen molar-refractivity contribution in [2.24, 2.45) is 0 Å². The lowest BCUT2D eigenvalue weighted by molar-refractivity contribution is 0.415. The van der Waals surface area contributed by atoms with Crippen molar-refractivity contribution in [1.82, 2.24) is 0 Å². The highest BCUT2D eigenvalue weighted by molar-refractivity contribution is 7.18. The first kappa shape index (κ1) is 18.2. The maximum absolute atomic E-state index is 5.30. The van der Waals surface area contributed by atoms with E-state index in [-0.39, 0.29) is 0 Å². The second-order valence-corrected chi connectivity index (χ2v) is 7.48. The highest BCUT2D eigenvalue weighted by Gasteiger charge is 2.19. The molecule has 0 aliphatic rings. The summed E-state index contributed by atoms with van der Waals surface area (Å²) in [6.07, 6.45) is 0. The van der Waals surface area contributed by atoms with E-state index in [4.69, 9.17) is 9.47 Å². The first-order chi connectivity index (χ1) is 13.8. The van der Waals surface area contributed by atoms with Crippen LogP contribution < -0.4 is 9.47 Å². The minimum absolute atomic E-state index is 0.864.